The fourth-order valence-electron chi connectivity index (χ4n) is 4.09. The van der Waals surface area contributed by atoms with Crippen molar-refractivity contribution in [2.75, 3.05) is 7.11 Å². The Kier molecular flexibility index (Phi) is 7.77. The normalized spacial score (nSPS) is 13.9. The van der Waals surface area contributed by atoms with Gasteiger partial charge in [0.15, 0.2) is 0 Å². The summed E-state index contributed by atoms with van der Waals surface area (Å²) in [7, 11) is -3.22. The number of methoxy groups -OCH3 is 1. The number of carbonyl (C=O) groups excluding carboxylic acids is 1. The molecule has 3 aromatic rings. The fourth-order valence-corrected chi connectivity index (χ4v) is 5.88. The van der Waals surface area contributed by atoms with Crippen molar-refractivity contribution in [2.45, 2.75) is 56.9 Å². The molecule has 1 heterocycles. The maximum Gasteiger partial charge on any atom is 0.434 e. The van der Waals surface area contributed by atoms with E-state index in [9.17, 15) is 22.4 Å². The van der Waals surface area contributed by atoms with Gasteiger partial charge in [-0.2, -0.15) is 4.72 Å². The first-order valence-electron chi connectivity index (χ1n) is 10.9. The van der Waals surface area contributed by atoms with Gasteiger partial charge in [-0.1, -0.05) is 24.6 Å². The Hall–Kier alpha value is -3.02. The predicted octanol–water partition coefficient (Wildman–Crippen LogP) is 4.05. The van der Waals surface area contributed by atoms with Crippen LogP contribution in [0.2, 0.25) is 5.02 Å². The molecule has 2 N–H and O–H groups in total. The summed E-state index contributed by atoms with van der Waals surface area (Å²) in [5.74, 6) is -3.26. The number of hydrogen-bond donors (Lipinski definition) is 2. The zero-order valence-corrected chi connectivity index (χ0v) is 22.2. The Balaban J connectivity index is 2.18. The summed E-state index contributed by atoms with van der Waals surface area (Å²) in [4.78, 5) is 23.9. The van der Waals surface area contributed by atoms with Gasteiger partial charge >= 0.3 is 11.7 Å². The zero-order chi connectivity index (χ0) is 27.0. The molecular weight excluding hydrogens is 513 g/mol. The van der Waals surface area contributed by atoms with E-state index in [1.54, 1.807) is 26.8 Å². The molecule has 0 spiro atoms. The number of carbonyl (C=O) groups is 1. The average Bonchev–Trinajstić information content (AvgIpc) is 3.25. The van der Waals surface area contributed by atoms with Crippen molar-refractivity contribution in [3.05, 3.63) is 79.9 Å². The molecule has 194 valence electrons. The van der Waals surface area contributed by atoms with E-state index in [4.69, 9.17) is 20.8 Å². The number of benzene rings is 2. The van der Waals surface area contributed by atoms with E-state index in [-0.39, 0.29) is 26.9 Å². The van der Waals surface area contributed by atoms with Gasteiger partial charge in [0.1, 0.15) is 11.9 Å². The van der Waals surface area contributed by atoms with E-state index in [0.717, 1.165) is 5.56 Å². The third kappa shape index (κ3) is 5.23. The first-order valence-corrected chi connectivity index (χ1v) is 12.8. The molecule has 1 unspecified atom stereocenters. The van der Waals surface area contributed by atoms with Gasteiger partial charge in [-0.15, -0.1) is 5.10 Å². The number of sulfonamides is 1. The number of aromatic nitrogens is 2. The fraction of sp³-hybridized carbons (Fsp3) is 0.375. The van der Waals surface area contributed by atoms with Gasteiger partial charge in [0, 0.05) is 10.9 Å². The highest BCUT2D eigenvalue weighted by atomic mass is 35.5. The van der Waals surface area contributed by atoms with Crippen LogP contribution in [0.5, 0.6) is 0 Å². The molecule has 0 amide bonds. The molecule has 2 atom stereocenters. The van der Waals surface area contributed by atoms with Gasteiger partial charge < -0.3 is 9.15 Å². The second-order valence-corrected chi connectivity index (χ2v) is 11.1. The first-order chi connectivity index (χ1) is 16.7. The molecule has 9 nitrogen and oxygen atoms in total. The number of aromatic amines is 1. The number of halogens is 2. The van der Waals surface area contributed by atoms with E-state index in [0.29, 0.717) is 5.56 Å². The summed E-state index contributed by atoms with van der Waals surface area (Å²) in [6, 6.07) is 5.61. The molecule has 0 saturated carbocycles. The molecule has 0 radical (unpaired) electrons. The van der Waals surface area contributed by atoms with Crippen LogP contribution in [0.4, 0.5) is 4.39 Å². The number of aryl methyl sites for hydroxylation is 1. The predicted molar refractivity (Wildman–Crippen MR) is 131 cm³/mol. The molecule has 12 heteroatoms. The molecule has 0 aliphatic heterocycles. The van der Waals surface area contributed by atoms with Crippen LogP contribution in [0.1, 0.15) is 60.9 Å². The maximum atomic E-state index is 14.9. The second kappa shape index (κ2) is 10.2. The number of esters is 1. The Morgan fingerprint density at radius 2 is 1.92 bits per heavy atom. The van der Waals surface area contributed by atoms with Crippen LogP contribution in [0.3, 0.4) is 0 Å². The Morgan fingerprint density at radius 1 is 1.25 bits per heavy atom. The third-order valence-corrected chi connectivity index (χ3v) is 8.03. The molecule has 0 saturated heterocycles. The average molecular weight is 540 g/mol. The van der Waals surface area contributed by atoms with Crippen molar-refractivity contribution in [3.8, 4) is 0 Å². The van der Waals surface area contributed by atoms with Crippen LogP contribution in [0.25, 0.3) is 0 Å². The molecule has 2 aromatic carbocycles. The molecule has 0 aliphatic rings. The lowest BCUT2D eigenvalue weighted by Crippen LogP contribution is -2.36. The molecule has 3 rings (SSSR count). The second-order valence-electron chi connectivity index (χ2n) is 9.00. The molecule has 0 bridgehead atoms. The van der Waals surface area contributed by atoms with E-state index in [2.05, 4.69) is 14.9 Å². The summed E-state index contributed by atoms with van der Waals surface area (Å²) in [5.41, 5.74) is 0.344. The lowest BCUT2D eigenvalue weighted by molar-refractivity contribution is -0.146. The van der Waals surface area contributed by atoms with Crippen molar-refractivity contribution >= 4 is 27.6 Å². The smallest absolute Gasteiger partial charge is 0.434 e. The Labute approximate surface area is 213 Å². The summed E-state index contributed by atoms with van der Waals surface area (Å²) in [5, 5.41) is 6.12. The van der Waals surface area contributed by atoms with Gasteiger partial charge in [-0.3, -0.25) is 4.79 Å². The highest BCUT2D eigenvalue weighted by Crippen LogP contribution is 2.37. The minimum atomic E-state index is -4.41. The van der Waals surface area contributed by atoms with E-state index < -0.39 is 44.9 Å². The number of nitrogens with one attached hydrogen (secondary N) is 2. The number of rotatable bonds is 8. The maximum absolute atomic E-state index is 14.9. The highest BCUT2D eigenvalue weighted by Gasteiger charge is 2.39. The highest BCUT2D eigenvalue weighted by molar-refractivity contribution is 7.89. The number of hydrogen-bond acceptors (Lipinski definition) is 7. The molecule has 0 aliphatic carbocycles. The molecule has 1 aromatic heterocycles. The van der Waals surface area contributed by atoms with Crippen LogP contribution < -0.4 is 10.5 Å². The topological polar surface area (TPSA) is 131 Å². The quantitative estimate of drug-likeness (QED) is 0.413. The van der Waals surface area contributed by atoms with Crippen molar-refractivity contribution in [1.82, 2.24) is 14.9 Å². The van der Waals surface area contributed by atoms with Gasteiger partial charge in [0.2, 0.25) is 15.9 Å². The van der Waals surface area contributed by atoms with Crippen LogP contribution in [0.15, 0.2) is 44.4 Å². The van der Waals surface area contributed by atoms with E-state index >= 15 is 0 Å². The number of nitrogens with zero attached hydrogens (tertiary/aromatic N) is 1. The van der Waals surface area contributed by atoms with Crippen LogP contribution in [-0.2, 0) is 25.0 Å². The van der Waals surface area contributed by atoms with Gasteiger partial charge in [0.05, 0.1) is 17.4 Å². The Morgan fingerprint density at radius 3 is 2.50 bits per heavy atom. The van der Waals surface area contributed by atoms with Gasteiger partial charge in [-0.05, 0) is 74.2 Å². The van der Waals surface area contributed by atoms with Crippen LogP contribution in [-0.4, -0.2) is 31.7 Å². The molecule has 0 fully saturated rings. The largest absolute Gasteiger partial charge is 0.468 e. The first kappa shape index (κ1) is 27.6. The summed E-state index contributed by atoms with van der Waals surface area (Å²) in [6.07, 6.45) is 0. The van der Waals surface area contributed by atoms with Crippen molar-refractivity contribution in [1.29, 1.82) is 0 Å². The third-order valence-electron chi connectivity index (χ3n) is 6.29. The van der Waals surface area contributed by atoms with Crippen LogP contribution in [0, 0.1) is 19.7 Å². The number of H-pyrrole nitrogens is 1. The minimum Gasteiger partial charge on any atom is -0.468 e. The van der Waals surface area contributed by atoms with E-state index in [1.165, 1.54) is 45.2 Å². The van der Waals surface area contributed by atoms with Gasteiger partial charge in [0.25, 0.3) is 0 Å². The van der Waals surface area contributed by atoms with Gasteiger partial charge in [-0.25, -0.2) is 22.7 Å². The van der Waals surface area contributed by atoms with Crippen molar-refractivity contribution in [2.24, 2.45) is 0 Å². The Bertz CT molecular complexity index is 1460. The number of ether oxygens (including phenoxy) is 1. The molecular formula is C24H27ClFN3O6S. The van der Waals surface area contributed by atoms with Crippen molar-refractivity contribution in [3.63, 3.8) is 0 Å². The summed E-state index contributed by atoms with van der Waals surface area (Å²) >= 11 is 6.13. The zero-order valence-electron chi connectivity index (χ0n) is 20.6. The SMILES string of the molecule is COC(=O)C(C)(C)c1cc(Cl)ccc1S(=O)(=O)N[C@H](c1n[nH]c(=O)o1)C(C)c1c(F)ccc(C)c1C. The lowest BCUT2D eigenvalue weighted by Gasteiger charge is -2.28. The summed E-state index contributed by atoms with van der Waals surface area (Å²) < 4.78 is 54.8. The minimum absolute atomic E-state index is 0.0853. The monoisotopic (exact) mass is 539 g/mol. The summed E-state index contributed by atoms with van der Waals surface area (Å²) in [6.45, 7) is 8.11. The van der Waals surface area contributed by atoms with E-state index in [1.807, 2.05) is 0 Å². The lowest BCUT2D eigenvalue weighted by atomic mass is 9.85. The van der Waals surface area contributed by atoms with Crippen LogP contribution >= 0.6 is 11.6 Å². The standard InChI is InChI=1S/C24H27ClFN3O6S/c1-12-7-9-17(26)19(13(12)2)14(3)20(21-27-28-23(31)35-21)29-36(32,33)18-10-8-15(25)11-16(18)24(4,5)22(30)34-6/h7-11,14,20,29H,1-6H3,(H,28,31)/t14?,20-/m0/s1. The molecule has 36 heavy (non-hydrogen) atoms. The van der Waals surface area contributed by atoms with Crippen molar-refractivity contribution < 1.29 is 26.8 Å².